The van der Waals surface area contributed by atoms with Gasteiger partial charge >= 0.3 is 12.0 Å². The summed E-state index contributed by atoms with van der Waals surface area (Å²) in [5, 5.41) is 7.21. The van der Waals surface area contributed by atoms with E-state index in [9.17, 15) is 19.2 Å². The van der Waals surface area contributed by atoms with Crippen molar-refractivity contribution in [1.29, 1.82) is 0 Å². The summed E-state index contributed by atoms with van der Waals surface area (Å²) in [6, 6.07) is 11.6. The van der Waals surface area contributed by atoms with Crippen LogP contribution in [0.15, 0.2) is 59.2 Å². The molecule has 2 heterocycles. The molecule has 4 amide bonds. The number of furan rings is 1. The fraction of sp³-hybridized carbons (Fsp3) is 0.167. The van der Waals surface area contributed by atoms with Gasteiger partial charge in [-0.05, 0) is 48.9 Å². The number of nitrogens with one attached hydrogen (secondary N) is 3. The van der Waals surface area contributed by atoms with Crippen LogP contribution < -0.4 is 25.4 Å². The minimum absolute atomic E-state index is 0.110. The summed E-state index contributed by atoms with van der Waals surface area (Å²) in [6.45, 7) is 1.90. The van der Waals surface area contributed by atoms with Gasteiger partial charge in [0.05, 0.1) is 11.8 Å². The molecule has 0 radical (unpaired) electrons. The Bertz CT molecular complexity index is 1270. The molecular formula is C24H21N3O8. The normalized spacial score (nSPS) is 11.8. The zero-order valence-corrected chi connectivity index (χ0v) is 18.6. The van der Waals surface area contributed by atoms with Crippen molar-refractivity contribution in [2.75, 3.05) is 30.5 Å². The van der Waals surface area contributed by atoms with Crippen molar-refractivity contribution in [2.24, 2.45) is 0 Å². The van der Waals surface area contributed by atoms with Crippen molar-refractivity contribution >= 4 is 35.2 Å². The van der Waals surface area contributed by atoms with Gasteiger partial charge in [-0.1, -0.05) is 6.07 Å². The molecule has 1 aromatic heterocycles. The lowest BCUT2D eigenvalue weighted by Gasteiger charge is -2.19. The third kappa shape index (κ3) is 5.96. The summed E-state index contributed by atoms with van der Waals surface area (Å²) in [6.07, 6.45) is 1.37. The number of anilines is 2. The average Bonchev–Trinajstić information content (AvgIpc) is 3.39. The lowest BCUT2D eigenvalue weighted by molar-refractivity contribution is -0.123. The first-order chi connectivity index (χ1) is 16.9. The van der Waals surface area contributed by atoms with Crippen molar-refractivity contribution in [3.8, 4) is 11.5 Å². The lowest BCUT2D eigenvalue weighted by atomic mass is 10.1. The number of hydrogen-bond acceptors (Lipinski definition) is 8. The van der Waals surface area contributed by atoms with Crippen molar-refractivity contribution in [1.82, 2.24) is 5.32 Å². The number of carbonyl (C=O) groups is 4. The molecule has 180 valence electrons. The maximum Gasteiger partial charge on any atom is 0.338 e. The van der Waals surface area contributed by atoms with Crippen molar-refractivity contribution < 1.29 is 37.8 Å². The van der Waals surface area contributed by atoms with Gasteiger partial charge in [0, 0.05) is 17.4 Å². The van der Waals surface area contributed by atoms with E-state index in [0.29, 0.717) is 41.7 Å². The summed E-state index contributed by atoms with van der Waals surface area (Å²) in [5.41, 5.74) is 1.58. The molecule has 0 saturated heterocycles. The second-order valence-electron chi connectivity index (χ2n) is 7.40. The first-order valence-corrected chi connectivity index (χ1v) is 10.5. The predicted octanol–water partition coefficient (Wildman–Crippen LogP) is 3.12. The van der Waals surface area contributed by atoms with Gasteiger partial charge in [-0.3, -0.25) is 14.9 Å². The second-order valence-corrected chi connectivity index (χ2v) is 7.40. The Kier molecular flexibility index (Phi) is 6.96. The third-order valence-electron chi connectivity index (χ3n) is 4.85. The van der Waals surface area contributed by atoms with Gasteiger partial charge < -0.3 is 29.3 Å². The molecular weight excluding hydrogens is 458 g/mol. The van der Waals surface area contributed by atoms with Crippen molar-refractivity contribution in [3.05, 3.63) is 71.7 Å². The Labute approximate surface area is 199 Å². The summed E-state index contributed by atoms with van der Waals surface area (Å²) in [5.74, 6) is -0.958. The number of urea groups is 1. The molecule has 0 spiro atoms. The second kappa shape index (κ2) is 10.4. The van der Waals surface area contributed by atoms with Crippen LogP contribution in [0, 0.1) is 6.92 Å². The Hall–Kier alpha value is -4.80. The molecule has 0 bridgehead atoms. The number of imide groups is 1. The standard InChI is InChI=1S/C24H21N3O8/c1-14-4-5-15(11-17(14)26-22(29)19-3-2-8-32-19)23(30)35-13-21(28)27-24(31)25-16-6-7-18-20(12-16)34-10-9-33-18/h2-8,11-12H,9-10,13H2,1H3,(H,26,29)(H2,25,27,28,31). The molecule has 11 heteroatoms. The van der Waals surface area contributed by atoms with Gasteiger partial charge in [0.15, 0.2) is 23.9 Å². The fourth-order valence-electron chi connectivity index (χ4n) is 3.14. The smallest absolute Gasteiger partial charge is 0.338 e. The van der Waals surface area contributed by atoms with Crippen molar-refractivity contribution in [2.45, 2.75) is 6.92 Å². The van der Waals surface area contributed by atoms with E-state index in [1.165, 1.54) is 24.5 Å². The topological polar surface area (TPSA) is 145 Å². The average molecular weight is 479 g/mol. The molecule has 0 fully saturated rings. The van der Waals surface area contributed by atoms with Crippen LogP contribution in [-0.4, -0.2) is 43.6 Å². The van der Waals surface area contributed by atoms with Crippen LogP contribution in [0.25, 0.3) is 0 Å². The monoisotopic (exact) mass is 479 g/mol. The summed E-state index contributed by atoms with van der Waals surface area (Å²) < 4.78 is 20.9. The van der Waals surface area contributed by atoms with E-state index >= 15 is 0 Å². The molecule has 0 unspecified atom stereocenters. The van der Waals surface area contributed by atoms with Crippen molar-refractivity contribution in [3.63, 3.8) is 0 Å². The van der Waals surface area contributed by atoms with Crippen LogP contribution in [0.1, 0.15) is 26.5 Å². The molecule has 1 aliphatic heterocycles. The first-order valence-electron chi connectivity index (χ1n) is 10.5. The number of aryl methyl sites for hydroxylation is 1. The molecule has 0 aliphatic carbocycles. The minimum Gasteiger partial charge on any atom is -0.486 e. The molecule has 3 N–H and O–H groups in total. The number of benzene rings is 2. The number of esters is 1. The molecule has 3 aromatic rings. The van der Waals surface area contributed by atoms with Gasteiger partial charge in [-0.2, -0.15) is 0 Å². The largest absolute Gasteiger partial charge is 0.486 e. The maximum atomic E-state index is 12.4. The van der Waals surface area contributed by atoms with Gasteiger partial charge in [-0.15, -0.1) is 0 Å². The SMILES string of the molecule is Cc1ccc(C(=O)OCC(=O)NC(=O)Nc2ccc3c(c2)OCCO3)cc1NC(=O)c1ccco1. The van der Waals surface area contributed by atoms with Gasteiger partial charge in [-0.25, -0.2) is 9.59 Å². The Morgan fingerprint density at radius 3 is 2.51 bits per heavy atom. The lowest BCUT2D eigenvalue weighted by Crippen LogP contribution is -2.37. The zero-order chi connectivity index (χ0) is 24.8. The minimum atomic E-state index is -0.827. The molecule has 0 atom stereocenters. The number of carbonyl (C=O) groups excluding carboxylic acids is 4. The number of amides is 4. The molecule has 2 aromatic carbocycles. The first kappa shape index (κ1) is 23.4. The van der Waals surface area contributed by atoms with Gasteiger partial charge in [0.2, 0.25) is 0 Å². The third-order valence-corrected chi connectivity index (χ3v) is 4.85. The van der Waals surface area contributed by atoms with Crippen LogP contribution in [0.2, 0.25) is 0 Å². The Morgan fingerprint density at radius 1 is 0.943 bits per heavy atom. The van der Waals surface area contributed by atoms with E-state index in [1.807, 2.05) is 0 Å². The molecule has 11 nitrogen and oxygen atoms in total. The highest BCUT2D eigenvalue weighted by atomic mass is 16.6. The number of hydrogen-bond donors (Lipinski definition) is 3. The summed E-state index contributed by atoms with van der Waals surface area (Å²) >= 11 is 0. The van der Waals surface area contributed by atoms with E-state index in [-0.39, 0.29) is 11.3 Å². The number of rotatable bonds is 6. The van der Waals surface area contributed by atoms with E-state index in [0.717, 1.165) is 0 Å². The summed E-state index contributed by atoms with van der Waals surface area (Å²) in [7, 11) is 0. The zero-order valence-electron chi connectivity index (χ0n) is 18.6. The predicted molar refractivity (Wildman–Crippen MR) is 123 cm³/mol. The molecule has 35 heavy (non-hydrogen) atoms. The quantitative estimate of drug-likeness (QED) is 0.457. The maximum absolute atomic E-state index is 12.4. The van der Waals surface area contributed by atoms with E-state index in [4.69, 9.17) is 18.6 Å². The Balaban J connectivity index is 1.28. The highest BCUT2D eigenvalue weighted by molar-refractivity contribution is 6.04. The van der Waals surface area contributed by atoms with Crippen LogP contribution in [0.3, 0.4) is 0 Å². The van der Waals surface area contributed by atoms with Crippen LogP contribution in [0.4, 0.5) is 16.2 Å². The Morgan fingerprint density at radius 2 is 1.74 bits per heavy atom. The van der Waals surface area contributed by atoms with E-state index in [1.54, 1.807) is 37.3 Å². The van der Waals surface area contributed by atoms with E-state index < -0.39 is 30.4 Å². The number of fused-ring (bicyclic) bond motifs is 1. The molecule has 1 aliphatic rings. The van der Waals surface area contributed by atoms with Gasteiger partial charge in [0.1, 0.15) is 13.2 Å². The molecule has 4 rings (SSSR count). The van der Waals surface area contributed by atoms with Crippen LogP contribution in [-0.2, 0) is 9.53 Å². The van der Waals surface area contributed by atoms with E-state index in [2.05, 4.69) is 16.0 Å². The molecule has 0 saturated carbocycles. The summed E-state index contributed by atoms with van der Waals surface area (Å²) in [4.78, 5) is 48.7. The van der Waals surface area contributed by atoms with Crippen LogP contribution >= 0.6 is 0 Å². The van der Waals surface area contributed by atoms with Gasteiger partial charge in [0.25, 0.3) is 11.8 Å². The highest BCUT2D eigenvalue weighted by Crippen LogP contribution is 2.32. The fourth-order valence-corrected chi connectivity index (χ4v) is 3.14. The van der Waals surface area contributed by atoms with Crippen LogP contribution in [0.5, 0.6) is 11.5 Å². The highest BCUT2D eigenvalue weighted by Gasteiger charge is 2.17. The number of ether oxygens (including phenoxy) is 3.